The Morgan fingerprint density at radius 1 is 1.22 bits per heavy atom. The molecule has 6 heteroatoms. The van der Waals surface area contributed by atoms with E-state index < -0.39 is 0 Å². The number of hydrogen-bond acceptors (Lipinski definition) is 5. The highest BCUT2D eigenvalue weighted by molar-refractivity contribution is 7.11. The first-order valence-electron chi connectivity index (χ1n) is 8.68. The zero-order chi connectivity index (χ0) is 16.4. The van der Waals surface area contributed by atoms with E-state index in [0.717, 1.165) is 36.5 Å². The Hall–Kier alpha value is -0.980. The van der Waals surface area contributed by atoms with Crippen molar-refractivity contribution in [3.8, 4) is 0 Å². The first-order chi connectivity index (χ1) is 11.1. The van der Waals surface area contributed by atoms with Gasteiger partial charge in [-0.15, -0.1) is 11.3 Å². The van der Waals surface area contributed by atoms with E-state index in [0.29, 0.717) is 12.0 Å². The van der Waals surface area contributed by atoms with Gasteiger partial charge in [-0.2, -0.15) is 0 Å². The largest absolute Gasteiger partial charge is 0.338 e. The molecule has 2 aliphatic rings. The van der Waals surface area contributed by atoms with E-state index in [2.05, 4.69) is 28.8 Å². The molecule has 3 rings (SSSR count). The van der Waals surface area contributed by atoms with E-state index in [1.54, 1.807) is 5.51 Å². The van der Waals surface area contributed by atoms with Crippen molar-refractivity contribution in [2.75, 3.05) is 46.3 Å². The number of carbonyl (C=O) groups is 1. The molecular weight excluding hydrogens is 308 g/mol. The molecule has 0 aromatic carbocycles. The van der Waals surface area contributed by atoms with Gasteiger partial charge in [0, 0.05) is 45.3 Å². The van der Waals surface area contributed by atoms with Crippen LogP contribution in [0.5, 0.6) is 0 Å². The number of piperidine rings is 1. The third-order valence-electron chi connectivity index (χ3n) is 5.56. The fraction of sp³-hybridized carbons (Fsp3) is 0.765. The van der Waals surface area contributed by atoms with Gasteiger partial charge in [0.2, 0.25) is 0 Å². The lowest BCUT2D eigenvalue weighted by molar-refractivity contribution is 0.0502. The summed E-state index contributed by atoms with van der Waals surface area (Å²) >= 11 is 1.47. The SMILES string of the molecule is Cc1ncsc1C(=O)N1CCC([C@H](C)N2CCN(C)CC2)CC1. The van der Waals surface area contributed by atoms with Gasteiger partial charge in [-0.1, -0.05) is 0 Å². The zero-order valence-electron chi connectivity index (χ0n) is 14.5. The summed E-state index contributed by atoms with van der Waals surface area (Å²) in [6.07, 6.45) is 2.24. The number of amides is 1. The van der Waals surface area contributed by atoms with Crippen molar-refractivity contribution in [3.63, 3.8) is 0 Å². The fourth-order valence-corrected chi connectivity index (χ4v) is 4.53. The van der Waals surface area contributed by atoms with Crippen LogP contribution in [0.2, 0.25) is 0 Å². The van der Waals surface area contributed by atoms with Crippen LogP contribution in [-0.2, 0) is 0 Å². The van der Waals surface area contributed by atoms with Gasteiger partial charge in [0.1, 0.15) is 4.88 Å². The topological polar surface area (TPSA) is 39.7 Å². The molecule has 1 atom stereocenters. The van der Waals surface area contributed by atoms with E-state index in [1.165, 1.54) is 37.5 Å². The van der Waals surface area contributed by atoms with Crippen molar-refractivity contribution in [2.24, 2.45) is 5.92 Å². The Balaban J connectivity index is 1.52. The zero-order valence-corrected chi connectivity index (χ0v) is 15.3. The Bertz CT molecular complexity index is 530. The average Bonchev–Trinajstić information content (AvgIpc) is 3.00. The molecule has 0 saturated carbocycles. The molecule has 0 radical (unpaired) electrons. The molecular formula is C17H28N4OS. The second-order valence-electron chi connectivity index (χ2n) is 6.98. The van der Waals surface area contributed by atoms with Crippen LogP contribution in [0.15, 0.2) is 5.51 Å². The molecule has 0 spiro atoms. The van der Waals surface area contributed by atoms with E-state index >= 15 is 0 Å². The quantitative estimate of drug-likeness (QED) is 0.846. The average molecular weight is 337 g/mol. The lowest BCUT2D eigenvalue weighted by Crippen LogP contribution is -2.52. The summed E-state index contributed by atoms with van der Waals surface area (Å²) in [5.41, 5.74) is 2.64. The third kappa shape index (κ3) is 3.75. The molecule has 128 valence electrons. The molecule has 0 bridgehead atoms. The number of aromatic nitrogens is 1. The van der Waals surface area contributed by atoms with Crippen molar-refractivity contribution in [2.45, 2.75) is 32.7 Å². The predicted molar refractivity (Wildman–Crippen MR) is 94.0 cm³/mol. The van der Waals surface area contributed by atoms with Gasteiger partial charge in [0.15, 0.2) is 0 Å². The highest BCUT2D eigenvalue weighted by Crippen LogP contribution is 2.26. The maximum Gasteiger partial charge on any atom is 0.265 e. The Morgan fingerprint density at radius 2 is 1.87 bits per heavy atom. The number of thiazole rings is 1. The minimum atomic E-state index is 0.177. The van der Waals surface area contributed by atoms with Crippen molar-refractivity contribution < 1.29 is 4.79 Å². The number of carbonyl (C=O) groups excluding carboxylic acids is 1. The number of likely N-dealkylation sites (N-methyl/N-ethyl adjacent to an activating group) is 1. The lowest BCUT2D eigenvalue weighted by atomic mass is 9.89. The summed E-state index contributed by atoms with van der Waals surface area (Å²) in [5.74, 6) is 0.890. The second kappa shape index (κ2) is 7.28. The van der Waals surface area contributed by atoms with E-state index in [9.17, 15) is 4.79 Å². The van der Waals surface area contributed by atoms with Crippen LogP contribution in [0.25, 0.3) is 0 Å². The maximum atomic E-state index is 12.6. The normalized spacial score (nSPS) is 23.2. The molecule has 0 unspecified atom stereocenters. The molecule has 1 aromatic rings. The van der Waals surface area contributed by atoms with Gasteiger partial charge in [-0.3, -0.25) is 9.69 Å². The van der Waals surface area contributed by atoms with Crippen LogP contribution in [0.3, 0.4) is 0 Å². The fourth-order valence-electron chi connectivity index (χ4n) is 3.76. The number of piperazine rings is 1. The Labute approximate surface area is 143 Å². The minimum absolute atomic E-state index is 0.177. The highest BCUT2D eigenvalue weighted by Gasteiger charge is 2.31. The molecule has 0 N–H and O–H groups in total. The van der Waals surface area contributed by atoms with Crippen molar-refractivity contribution in [1.82, 2.24) is 19.7 Å². The van der Waals surface area contributed by atoms with Gasteiger partial charge in [-0.25, -0.2) is 4.98 Å². The van der Waals surface area contributed by atoms with Gasteiger partial charge in [-0.05, 0) is 39.7 Å². The summed E-state index contributed by atoms with van der Waals surface area (Å²) < 4.78 is 0. The van der Waals surface area contributed by atoms with E-state index in [4.69, 9.17) is 0 Å². The Kier molecular flexibility index (Phi) is 5.34. The summed E-state index contributed by atoms with van der Waals surface area (Å²) in [6, 6.07) is 0.631. The predicted octanol–water partition coefficient (Wildman–Crippen LogP) is 1.94. The molecule has 3 heterocycles. The second-order valence-corrected chi connectivity index (χ2v) is 7.83. The summed E-state index contributed by atoms with van der Waals surface area (Å²) in [7, 11) is 2.20. The summed E-state index contributed by atoms with van der Waals surface area (Å²) in [4.78, 5) is 24.7. The van der Waals surface area contributed by atoms with Crippen LogP contribution >= 0.6 is 11.3 Å². The standard InChI is InChI=1S/C17H28N4OS/c1-13-16(23-12-18-13)17(22)21-6-4-15(5-7-21)14(2)20-10-8-19(3)9-11-20/h12,14-15H,4-11H2,1-3H3/t14-/m0/s1. The molecule has 2 fully saturated rings. The molecule has 2 aliphatic heterocycles. The van der Waals surface area contributed by atoms with Gasteiger partial charge in [0.05, 0.1) is 11.2 Å². The Morgan fingerprint density at radius 3 is 2.43 bits per heavy atom. The van der Waals surface area contributed by atoms with Gasteiger partial charge >= 0.3 is 0 Å². The van der Waals surface area contributed by atoms with Crippen LogP contribution < -0.4 is 0 Å². The molecule has 5 nitrogen and oxygen atoms in total. The number of rotatable bonds is 3. The van der Waals surface area contributed by atoms with Crippen molar-refractivity contribution in [1.29, 1.82) is 0 Å². The van der Waals surface area contributed by atoms with Crippen molar-refractivity contribution >= 4 is 17.2 Å². The highest BCUT2D eigenvalue weighted by atomic mass is 32.1. The molecule has 0 aliphatic carbocycles. The molecule has 1 aromatic heterocycles. The van der Waals surface area contributed by atoms with E-state index in [-0.39, 0.29) is 5.91 Å². The third-order valence-corrected chi connectivity index (χ3v) is 6.48. The smallest absolute Gasteiger partial charge is 0.265 e. The summed E-state index contributed by atoms with van der Waals surface area (Å²) in [6.45, 7) is 10.8. The maximum absolute atomic E-state index is 12.6. The van der Waals surface area contributed by atoms with Crippen LogP contribution in [0.1, 0.15) is 35.1 Å². The molecule has 1 amide bonds. The van der Waals surface area contributed by atoms with Crippen LogP contribution in [-0.4, -0.2) is 77.9 Å². The number of nitrogens with zero attached hydrogens (tertiary/aromatic N) is 4. The van der Waals surface area contributed by atoms with Crippen molar-refractivity contribution in [3.05, 3.63) is 16.1 Å². The van der Waals surface area contributed by atoms with Crippen LogP contribution in [0, 0.1) is 12.8 Å². The first-order valence-corrected chi connectivity index (χ1v) is 9.56. The molecule has 2 saturated heterocycles. The number of likely N-dealkylation sites (tertiary alicyclic amines) is 1. The van der Waals surface area contributed by atoms with E-state index in [1.807, 2.05) is 11.8 Å². The minimum Gasteiger partial charge on any atom is -0.338 e. The summed E-state index contributed by atoms with van der Waals surface area (Å²) in [5, 5.41) is 0. The van der Waals surface area contributed by atoms with Gasteiger partial charge in [0.25, 0.3) is 5.91 Å². The number of aryl methyl sites for hydroxylation is 1. The number of hydrogen-bond donors (Lipinski definition) is 0. The van der Waals surface area contributed by atoms with Gasteiger partial charge < -0.3 is 9.80 Å². The lowest BCUT2D eigenvalue weighted by Gasteiger charge is -2.42. The van der Waals surface area contributed by atoms with Crippen LogP contribution in [0.4, 0.5) is 0 Å². The monoisotopic (exact) mass is 336 g/mol. The molecule has 23 heavy (non-hydrogen) atoms. The first kappa shape index (κ1) is 16.9.